The topological polar surface area (TPSA) is 175 Å². The number of nitrogens with one attached hydrogen (secondary N) is 2. The molecule has 4 N–H and O–H groups in total. The van der Waals surface area contributed by atoms with E-state index in [0.717, 1.165) is 11.1 Å². The van der Waals surface area contributed by atoms with Gasteiger partial charge in [0, 0.05) is 24.2 Å². The van der Waals surface area contributed by atoms with E-state index in [2.05, 4.69) is 25.6 Å². The molecule has 0 aliphatic heterocycles. The highest BCUT2D eigenvalue weighted by Crippen LogP contribution is 2.27. The van der Waals surface area contributed by atoms with Gasteiger partial charge in [0.25, 0.3) is 0 Å². The van der Waals surface area contributed by atoms with Crippen LogP contribution in [0.15, 0.2) is 78.6 Å². The lowest BCUT2D eigenvalue weighted by atomic mass is 10.0. The summed E-state index contributed by atoms with van der Waals surface area (Å²) >= 11 is 1.35. The molecule has 2 heterocycles. The van der Waals surface area contributed by atoms with E-state index in [1.807, 2.05) is 35.7 Å². The summed E-state index contributed by atoms with van der Waals surface area (Å²) in [6, 6.07) is 14.0. The molecule has 208 valence electrons. The number of amides is 2. The Hall–Kier alpha value is -4.40. The van der Waals surface area contributed by atoms with E-state index in [1.165, 1.54) is 30.6 Å². The van der Waals surface area contributed by atoms with Crippen molar-refractivity contribution in [3.63, 3.8) is 0 Å². The van der Waals surface area contributed by atoms with Crippen molar-refractivity contribution in [1.82, 2.24) is 25.6 Å². The summed E-state index contributed by atoms with van der Waals surface area (Å²) in [5, 5.41) is 13.0. The fraction of sp³-hybridized carbons (Fsp3) is 0.192. The van der Waals surface area contributed by atoms with Gasteiger partial charge in [-0.1, -0.05) is 42.5 Å². The second-order valence-corrected chi connectivity index (χ2v) is 10.5. The van der Waals surface area contributed by atoms with Crippen LogP contribution in [0.4, 0.5) is 4.79 Å². The van der Waals surface area contributed by atoms with E-state index in [0.29, 0.717) is 22.8 Å². The minimum atomic E-state index is -4.16. The molecule has 0 bridgehead atoms. The zero-order valence-corrected chi connectivity index (χ0v) is 22.9. The third-order valence-corrected chi connectivity index (χ3v) is 6.94. The maximum absolute atomic E-state index is 13.5. The Labute approximate surface area is 234 Å². The standard InChI is InChI=1S/C26H26N6O6S2/c1-37-26(34)32-21(14-17-5-3-2-4-6-17)24(33)30-20(13-18-7-9-19(10-8-18)38-40(27,35)36)23-16-39-25(31-23)22-15-28-11-12-29-22/h2-12,15-16,20-21H,13-14H2,1H3,(H,30,33)(H,32,34)(H2,27,35,36). The predicted molar refractivity (Wildman–Crippen MR) is 147 cm³/mol. The molecule has 0 saturated heterocycles. The fourth-order valence-electron chi connectivity index (χ4n) is 3.79. The van der Waals surface area contributed by atoms with Crippen molar-refractivity contribution >= 4 is 33.6 Å². The van der Waals surface area contributed by atoms with Crippen LogP contribution in [0, 0.1) is 0 Å². The number of nitrogens with two attached hydrogens (primary N) is 1. The number of rotatable bonds is 11. The van der Waals surface area contributed by atoms with Crippen LogP contribution < -0.4 is 20.0 Å². The first-order valence-corrected chi connectivity index (χ1v) is 14.3. The highest BCUT2D eigenvalue weighted by molar-refractivity contribution is 7.84. The number of hydrogen-bond donors (Lipinski definition) is 3. The number of methoxy groups -OCH3 is 1. The largest absolute Gasteiger partial charge is 0.453 e. The normalized spacial score (nSPS) is 12.7. The van der Waals surface area contributed by atoms with Crippen LogP contribution in [-0.4, -0.2) is 48.5 Å². The minimum Gasteiger partial charge on any atom is -0.453 e. The molecule has 2 aromatic carbocycles. The number of carbonyl (C=O) groups is 2. The Balaban J connectivity index is 1.60. The van der Waals surface area contributed by atoms with E-state index in [1.54, 1.807) is 30.7 Å². The summed E-state index contributed by atoms with van der Waals surface area (Å²) in [5.41, 5.74) is 2.75. The lowest BCUT2D eigenvalue weighted by molar-refractivity contribution is -0.123. The molecule has 14 heteroatoms. The van der Waals surface area contributed by atoms with Gasteiger partial charge in [-0.3, -0.25) is 14.8 Å². The van der Waals surface area contributed by atoms with Crippen LogP contribution >= 0.6 is 11.3 Å². The van der Waals surface area contributed by atoms with Gasteiger partial charge in [-0.15, -0.1) is 11.3 Å². The number of ether oxygens (including phenoxy) is 1. The van der Waals surface area contributed by atoms with Crippen LogP contribution in [0.5, 0.6) is 5.75 Å². The first kappa shape index (κ1) is 28.6. The summed E-state index contributed by atoms with van der Waals surface area (Å²) < 4.78 is 31.9. The van der Waals surface area contributed by atoms with Crippen LogP contribution in [0.2, 0.25) is 0 Å². The Bertz CT molecular complexity index is 1530. The molecule has 0 fully saturated rings. The van der Waals surface area contributed by atoms with Crippen LogP contribution in [0.25, 0.3) is 10.7 Å². The molecular weight excluding hydrogens is 556 g/mol. The fourth-order valence-corrected chi connectivity index (χ4v) is 5.00. The molecule has 0 spiro atoms. The Kier molecular flexibility index (Phi) is 9.37. The zero-order chi connectivity index (χ0) is 28.5. The van der Waals surface area contributed by atoms with Gasteiger partial charge in [0.15, 0.2) is 0 Å². The smallest absolute Gasteiger partial charge is 0.407 e. The lowest BCUT2D eigenvalue weighted by Crippen LogP contribution is -2.49. The third-order valence-electron chi connectivity index (χ3n) is 5.63. The highest BCUT2D eigenvalue weighted by atomic mass is 32.2. The minimum absolute atomic E-state index is 0.0515. The van der Waals surface area contributed by atoms with Crippen molar-refractivity contribution in [2.75, 3.05) is 7.11 Å². The maximum Gasteiger partial charge on any atom is 0.407 e. The summed E-state index contributed by atoms with van der Waals surface area (Å²) in [7, 11) is -2.94. The molecular formula is C26H26N6O6S2. The summed E-state index contributed by atoms with van der Waals surface area (Å²) in [5.74, 6) is -0.391. The van der Waals surface area contributed by atoms with Crippen molar-refractivity contribution in [3.05, 3.63) is 95.4 Å². The molecule has 0 radical (unpaired) electrons. The van der Waals surface area contributed by atoms with Crippen LogP contribution in [0.3, 0.4) is 0 Å². The average Bonchev–Trinajstić information content (AvgIpc) is 3.44. The van der Waals surface area contributed by atoms with Crippen LogP contribution in [0.1, 0.15) is 22.9 Å². The molecule has 2 unspecified atom stereocenters. The number of thiazole rings is 1. The molecule has 40 heavy (non-hydrogen) atoms. The molecule has 2 amide bonds. The first-order valence-electron chi connectivity index (χ1n) is 11.9. The Morgan fingerprint density at radius 1 is 1.00 bits per heavy atom. The number of benzene rings is 2. The van der Waals surface area contributed by atoms with E-state index < -0.39 is 34.4 Å². The van der Waals surface area contributed by atoms with Crippen molar-refractivity contribution in [2.45, 2.75) is 24.9 Å². The van der Waals surface area contributed by atoms with Gasteiger partial charge >= 0.3 is 16.4 Å². The molecule has 4 rings (SSSR count). The highest BCUT2D eigenvalue weighted by Gasteiger charge is 2.26. The number of hydrogen-bond acceptors (Lipinski definition) is 10. The van der Waals surface area contributed by atoms with Gasteiger partial charge in [0.2, 0.25) is 5.91 Å². The molecule has 12 nitrogen and oxygen atoms in total. The van der Waals surface area contributed by atoms with E-state index in [4.69, 9.17) is 14.1 Å². The molecule has 2 atom stereocenters. The number of nitrogens with zero attached hydrogens (tertiary/aromatic N) is 3. The maximum atomic E-state index is 13.5. The second kappa shape index (κ2) is 13.1. The molecule has 4 aromatic rings. The molecule has 2 aromatic heterocycles. The van der Waals surface area contributed by atoms with Gasteiger partial charge in [0.1, 0.15) is 22.5 Å². The van der Waals surface area contributed by atoms with Crippen molar-refractivity contribution in [1.29, 1.82) is 0 Å². The first-order chi connectivity index (χ1) is 19.2. The molecule has 0 aliphatic rings. The Morgan fingerprint density at radius 2 is 1.73 bits per heavy atom. The quantitative estimate of drug-likeness (QED) is 0.240. The van der Waals surface area contributed by atoms with Crippen molar-refractivity contribution < 1.29 is 26.9 Å². The monoisotopic (exact) mass is 582 g/mol. The summed E-state index contributed by atoms with van der Waals surface area (Å²) in [6.45, 7) is 0. The predicted octanol–water partition coefficient (Wildman–Crippen LogP) is 2.55. The molecule has 0 aliphatic carbocycles. The van der Waals surface area contributed by atoms with E-state index in [9.17, 15) is 18.0 Å². The van der Waals surface area contributed by atoms with Gasteiger partial charge in [-0.25, -0.2) is 9.78 Å². The van der Waals surface area contributed by atoms with Crippen molar-refractivity contribution in [2.24, 2.45) is 5.14 Å². The average molecular weight is 583 g/mol. The Morgan fingerprint density at radius 3 is 2.38 bits per heavy atom. The van der Waals surface area contributed by atoms with Gasteiger partial charge in [-0.2, -0.15) is 13.6 Å². The SMILES string of the molecule is COC(=O)NC(Cc1ccccc1)C(=O)NC(Cc1ccc(OS(N)(=O)=O)cc1)c1csc(-c2cnccn2)n1. The van der Waals surface area contributed by atoms with E-state index >= 15 is 0 Å². The van der Waals surface area contributed by atoms with Crippen LogP contribution in [-0.2, 0) is 32.7 Å². The number of carbonyl (C=O) groups excluding carboxylic acids is 2. The van der Waals surface area contributed by atoms with Gasteiger partial charge in [0.05, 0.1) is 25.0 Å². The lowest BCUT2D eigenvalue weighted by Gasteiger charge is -2.23. The number of alkyl carbamates (subject to hydrolysis) is 1. The summed E-state index contributed by atoms with van der Waals surface area (Å²) in [4.78, 5) is 38.6. The van der Waals surface area contributed by atoms with Crippen molar-refractivity contribution in [3.8, 4) is 16.5 Å². The van der Waals surface area contributed by atoms with Gasteiger partial charge < -0.3 is 19.6 Å². The second-order valence-electron chi connectivity index (χ2n) is 8.53. The molecule has 0 saturated carbocycles. The summed E-state index contributed by atoms with van der Waals surface area (Å²) in [6.07, 6.45) is 4.50. The third kappa shape index (κ3) is 8.30. The zero-order valence-electron chi connectivity index (χ0n) is 21.3. The van der Waals surface area contributed by atoms with Gasteiger partial charge in [-0.05, 0) is 29.7 Å². The van der Waals surface area contributed by atoms with E-state index in [-0.39, 0.29) is 12.2 Å². The number of aromatic nitrogens is 3.